The molecule has 4 aromatic rings. The van der Waals surface area contributed by atoms with Crippen LogP contribution in [0, 0.1) is 0 Å². The van der Waals surface area contributed by atoms with Crippen molar-refractivity contribution in [2.24, 2.45) is 0 Å². The highest BCUT2D eigenvalue weighted by Crippen LogP contribution is 2.72. The Balaban J connectivity index is 1.85. The fourth-order valence-corrected chi connectivity index (χ4v) is 7.72. The second kappa shape index (κ2) is 5.14. The summed E-state index contributed by atoms with van der Waals surface area (Å²) in [4.78, 5) is 28.3. The number of fused-ring (bicyclic) bond motifs is 2. The molecular weight excluding hydrogens is 370 g/mol. The first kappa shape index (κ1) is 15.7. The summed E-state index contributed by atoms with van der Waals surface area (Å²) in [5.41, 5.74) is 1.20. The normalized spacial score (nSPS) is 22.4. The van der Waals surface area contributed by atoms with Crippen LogP contribution in [-0.2, 0) is 4.18 Å². The van der Waals surface area contributed by atoms with Gasteiger partial charge in [-0.15, -0.1) is 0 Å². The van der Waals surface area contributed by atoms with Crippen LogP contribution < -0.4 is 0 Å². The molecule has 0 saturated heterocycles. The molecule has 0 fully saturated rings. The zero-order chi connectivity index (χ0) is 19.0. The van der Waals surface area contributed by atoms with Crippen LogP contribution in [0.2, 0.25) is 0 Å². The quantitative estimate of drug-likeness (QED) is 0.413. The van der Waals surface area contributed by atoms with Gasteiger partial charge in [0.05, 0.1) is 15.4 Å². The molecule has 1 spiro atoms. The van der Waals surface area contributed by atoms with Crippen molar-refractivity contribution in [1.82, 2.24) is 4.31 Å². The first-order chi connectivity index (χ1) is 13.6. The molecule has 1 atom stereocenters. The highest BCUT2D eigenvalue weighted by atomic mass is 32.3. The van der Waals surface area contributed by atoms with E-state index in [1.807, 2.05) is 66.7 Å². The lowest BCUT2D eigenvalue weighted by molar-refractivity contribution is 0.0736. The minimum absolute atomic E-state index is 0.122. The Hall–Kier alpha value is -3.31. The average molecular weight is 385 g/mol. The van der Waals surface area contributed by atoms with Crippen LogP contribution in [0.25, 0.3) is 21.5 Å². The van der Waals surface area contributed by atoms with E-state index >= 15 is 0 Å². The second-order valence-corrected chi connectivity index (χ2v) is 9.66. The van der Waals surface area contributed by atoms with Crippen molar-refractivity contribution in [3.05, 3.63) is 83.9 Å². The number of carbonyl (C=O) groups excluding carboxylic acids is 2. The van der Waals surface area contributed by atoms with E-state index in [0.717, 1.165) is 31.3 Å². The van der Waals surface area contributed by atoms with Crippen LogP contribution in [0.5, 0.6) is 0 Å². The van der Waals surface area contributed by atoms with Crippen LogP contribution in [-0.4, -0.2) is 23.2 Å². The zero-order valence-corrected chi connectivity index (χ0v) is 15.8. The molecule has 28 heavy (non-hydrogen) atoms. The van der Waals surface area contributed by atoms with Gasteiger partial charge in [0.1, 0.15) is 0 Å². The molecule has 6 rings (SSSR count). The maximum Gasteiger partial charge on any atom is 0.351 e. The summed E-state index contributed by atoms with van der Waals surface area (Å²) >= 11 is 0. The molecule has 5 heteroatoms. The van der Waals surface area contributed by atoms with Crippen LogP contribution in [0.4, 0.5) is 0 Å². The van der Waals surface area contributed by atoms with E-state index < -0.39 is 10.5 Å². The van der Waals surface area contributed by atoms with Crippen LogP contribution in [0.15, 0.2) is 82.6 Å². The molecule has 4 aromatic carbocycles. The largest absolute Gasteiger partial charge is 0.383 e. The number of hydrogen-bond acceptors (Lipinski definition) is 3. The first-order valence-corrected chi connectivity index (χ1v) is 10.5. The van der Waals surface area contributed by atoms with Crippen LogP contribution in [0.1, 0.15) is 20.7 Å². The molecule has 2 aliphatic heterocycles. The predicted molar refractivity (Wildman–Crippen MR) is 110 cm³/mol. The van der Waals surface area contributed by atoms with Gasteiger partial charge in [0, 0.05) is 33.9 Å². The molecule has 0 aromatic heterocycles. The number of hydrogen-bond donors (Lipinski definition) is 0. The van der Waals surface area contributed by atoms with Gasteiger partial charge in [0.15, 0.2) is 0 Å². The van der Waals surface area contributed by atoms with Crippen molar-refractivity contribution >= 4 is 43.9 Å². The highest BCUT2D eigenvalue weighted by molar-refractivity contribution is 8.29. The number of rotatable bonds is 0. The second-order valence-electron chi connectivity index (χ2n) is 7.02. The molecular formula is C23H15NO3S. The van der Waals surface area contributed by atoms with Crippen LogP contribution >= 0.6 is 10.5 Å². The molecule has 4 nitrogen and oxygen atoms in total. The van der Waals surface area contributed by atoms with E-state index in [1.54, 1.807) is 17.4 Å². The molecule has 0 saturated carbocycles. The van der Waals surface area contributed by atoms with Gasteiger partial charge in [0.25, 0.3) is 5.91 Å². The zero-order valence-electron chi connectivity index (χ0n) is 15.0. The Morgan fingerprint density at radius 2 is 1.21 bits per heavy atom. The fraction of sp³-hybridized carbons (Fsp3) is 0.0435. The van der Waals surface area contributed by atoms with Crippen molar-refractivity contribution in [3.63, 3.8) is 0 Å². The van der Waals surface area contributed by atoms with Crippen molar-refractivity contribution in [1.29, 1.82) is 0 Å². The van der Waals surface area contributed by atoms with Crippen molar-refractivity contribution < 1.29 is 13.8 Å². The minimum atomic E-state index is -2.47. The van der Waals surface area contributed by atoms with Gasteiger partial charge in [-0.3, -0.25) is 9.10 Å². The Bertz CT molecular complexity index is 1300. The van der Waals surface area contributed by atoms with E-state index in [4.69, 9.17) is 4.18 Å². The van der Waals surface area contributed by atoms with E-state index in [1.165, 1.54) is 0 Å². The summed E-state index contributed by atoms with van der Waals surface area (Å²) in [6.45, 7) is 0. The molecule has 0 aliphatic carbocycles. The van der Waals surface area contributed by atoms with E-state index in [2.05, 4.69) is 0 Å². The van der Waals surface area contributed by atoms with Gasteiger partial charge in [-0.2, -0.15) is 0 Å². The number of amides is 1. The van der Waals surface area contributed by atoms with E-state index in [-0.39, 0.29) is 11.9 Å². The molecule has 0 radical (unpaired) electrons. The lowest BCUT2D eigenvalue weighted by Gasteiger charge is -2.50. The Kier molecular flexibility index (Phi) is 2.89. The molecule has 1 unspecified atom stereocenters. The van der Waals surface area contributed by atoms with Gasteiger partial charge in [-0.25, -0.2) is 4.79 Å². The molecule has 136 valence electrons. The number of benzene rings is 4. The molecule has 0 N–H and O–H groups in total. The van der Waals surface area contributed by atoms with E-state index in [0.29, 0.717) is 11.1 Å². The lowest BCUT2D eigenvalue weighted by Crippen LogP contribution is -2.38. The van der Waals surface area contributed by atoms with Crippen LogP contribution in [0.3, 0.4) is 0 Å². The Morgan fingerprint density at radius 3 is 1.82 bits per heavy atom. The van der Waals surface area contributed by atoms with Crippen molar-refractivity contribution in [2.75, 3.05) is 7.05 Å². The molecule has 2 heterocycles. The third kappa shape index (κ3) is 1.68. The Labute approximate surface area is 163 Å². The molecule has 1 amide bonds. The fourth-order valence-electron chi connectivity index (χ4n) is 4.42. The number of nitrogens with zero attached hydrogens (tertiary/aromatic N) is 1. The van der Waals surface area contributed by atoms with Gasteiger partial charge >= 0.3 is 5.97 Å². The van der Waals surface area contributed by atoms with Gasteiger partial charge in [0.2, 0.25) is 0 Å². The standard InChI is InChI=1S/C23H15NO3S/c1-24-22(25)16-10-2-6-14-8-4-12-18(20(14)16)28(24)19-13-5-9-15-7-3-11-17(21(15)19)23(26)27-28/h2-13H,1H3. The van der Waals surface area contributed by atoms with E-state index in [9.17, 15) is 9.59 Å². The smallest absolute Gasteiger partial charge is 0.351 e. The summed E-state index contributed by atoms with van der Waals surface area (Å²) in [6.07, 6.45) is 0. The molecule has 2 aliphatic rings. The summed E-state index contributed by atoms with van der Waals surface area (Å²) in [7, 11) is -0.730. The SMILES string of the molecule is CN1C(=O)c2cccc3cccc(c23)S12OC(=O)c1cccc3cccc2c13. The highest BCUT2D eigenvalue weighted by Gasteiger charge is 2.49. The average Bonchev–Trinajstić information content (AvgIpc) is 2.73. The summed E-state index contributed by atoms with van der Waals surface area (Å²) < 4.78 is 7.86. The Morgan fingerprint density at radius 1 is 0.714 bits per heavy atom. The maximum atomic E-state index is 13.4. The first-order valence-electron chi connectivity index (χ1n) is 9.02. The molecule has 0 bridgehead atoms. The third-order valence-electron chi connectivity index (χ3n) is 5.65. The topological polar surface area (TPSA) is 46.6 Å². The van der Waals surface area contributed by atoms with Gasteiger partial charge in [-0.1, -0.05) is 48.5 Å². The van der Waals surface area contributed by atoms with Gasteiger partial charge < -0.3 is 4.18 Å². The predicted octanol–water partition coefficient (Wildman–Crippen LogP) is 5.30. The summed E-state index contributed by atoms with van der Waals surface area (Å²) in [5.74, 6) is -0.501. The summed E-state index contributed by atoms with van der Waals surface area (Å²) in [5, 5.41) is 3.72. The van der Waals surface area contributed by atoms with Crippen molar-refractivity contribution in [3.8, 4) is 0 Å². The lowest BCUT2D eigenvalue weighted by atomic mass is 10.0. The summed E-state index contributed by atoms with van der Waals surface area (Å²) in [6, 6.07) is 23.3. The number of carbonyl (C=O) groups is 2. The minimum Gasteiger partial charge on any atom is -0.383 e. The monoisotopic (exact) mass is 385 g/mol. The maximum absolute atomic E-state index is 13.4. The van der Waals surface area contributed by atoms with Gasteiger partial charge in [-0.05, 0) is 35.0 Å². The van der Waals surface area contributed by atoms with Crippen molar-refractivity contribution in [2.45, 2.75) is 9.79 Å². The third-order valence-corrected chi connectivity index (χ3v) is 8.85.